The van der Waals surface area contributed by atoms with E-state index in [4.69, 9.17) is 4.74 Å². The Morgan fingerprint density at radius 2 is 1.77 bits per heavy atom. The molecule has 0 aromatic heterocycles. The van der Waals surface area contributed by atoms with Crippen LogP contribution in [0, 0.1) is 5.82 Å². The van der Waals surface area contributed by atoms with Crippen molar-refractivity contribution >= 4 is 29.5 Å². The van der Waals surface area contributed by atoms with Gasteiger partial charge in [-0.05, 0) is 31.5 Å². The van der Waals surface area contributed by atoms with Crippen molar-refractivity contribution in [2.45, 2.75) is 25.5 Å². The van der Waals surface area contributed by atoms with E-state index in [2.05, 4.69) is 10.6 Å². The minimum absolute atomic E-state index is 0.0573. The van der Waals surface area contributed by atoms with Gasteiger partial charge in [0.2, 0.25) is 0 Å². The summed E-state index contributed by atoms with van der Waals surface area (Å²) in [6.07, 6.45) is -1.27. The molecule has 1 heterocycles. The Morgan fingerprint density at radius 3 is 2.43 bits per heavy atom. The number of anilines is 1. The number of ether oxygens (including phenoxy) is 1. The van der Waals surface area contributed by atoms with Crippen LogP contribution in [0.5, 0.6) is 0 Å². The summed E-state index contributed by atoms with van der Waals surface area (Å²) >= 11 is 0. The largest absolute Gasteiger partial charge is 0.451 e. The number of hydrogen-bond donors (Lipinski definition) is 2. The van der Waals surface area contributed by atoms with Crippen molar-refractivity contribution in [1.29, 1.82) is 0 Å². The van der Waals surface area contributed by atoms with Gasteiger partial charge in [0.05, 0.1) is 5.69 Å². The molecule has 2 atom stereocenters. The Morgan fingerprint density at radius 1 is 1.13 bits per heavy atom. The Kier molecular flexibility index (Phi) is 5.81. The number of rotatable bonds is 6. The fourth-order valence-corrected chi connectivity index (χ4v) is 3.02. The maximum absolute atomic E-state index is 13.6. The predicted octanol–water partition coefficient (Wildman–Crippen LogP) is 2.16. The Labute approximate surface area is 172 Å². The molecule has 1 fully saturated rings. The van der Waals surface area contributed by atoms with Gasteiger partial charge in [-0.3, -0.25) is 19.3 Å². The average Bonchev–Trinajstić information content (AvgIpc) is 2.94. The molecule has 3 rings (SSSR count). The summed E-state index contributed by atoms with van der Waals surface area (Å²) in [5.74, 6) is -2.95. The SMILES string of the molecule is C[C@@H](OC(=O)CN1C(=O)N[C@@](C)(c2ccccc2)C1=O)C(=O)Nc1ccccc1F. The van der Waals surface area contributed by atoms with Gasteiger partial charge < -0.3 is 15.4 Å². The summed E-state index contributed by atoms with van der Waals surface area (Å²) in [5.41, 5.74) is -0.804. The molecule has 0 radical (unpaired) electrons. The zero-order valence-electron chi connectivity index (χ0n) is 16.3. The number of urea groups is 1. The Bertz CT molecular complexity index is 997. The van der Waals surface area contributed by atoms with E-state index in [-0.39, 0.29) is 5.69 Å². The van der Waals surface area contributed by atoms with E-state index in [9.17, 15) is 23.6 Å². The summed E-state index contributed by atoms with van der Waals surface area (Å²) in [5, 5.41) is 4.89. The lowest BCUT2D eigenvalue weighted by atomic mass is 9.92. The van der Waals surface area contributed by atoms with Crippen LogP contribution in [0.15, 0.2) is 54.6 Å². The van der Waals surface area contributed by atoms with E-state index in [0.29, 0.717) is 5.56 Å². The predicted molar refractivity (Wildman–Crippen MR) is 105 cm³/mol. The van der Waals surface area contributed by atoms with Crippen molar-refractivity contribution in [3.63, 3.8) is 0 Å². The van der Waals surface area contributed by atoms with Gasteiger partial charge in [0.15, 0.2) is 6.10 Å². The summed E-state index contributed by atoms with van der Waals surface area (Å²) in [7, 11) is 0. The molecule has 1 aliphatic rings. The zero-order valence-corrected chi connectivity index (χ0v) is 16.3. The number of esters is 1. The van der Waals surface area contributed by atoms with Crippen molar-refractivity contribution in [3.8, 4) is 0 Å². The Hall–Kier alpha value is -3.75. The smallest absolute Gasteiger partial charge is 0.327 e. The molecular weight excluding hydrogens is 393 g/mol. The maximum Gasteiger partial charge on any atom is 0.327 e. The fourth-order valence-electron chi connectivity index (χ4n) is 3.02. The van der Waals surface area contributed by atoms with E-state index in [0.717, 1.165) is 4.90 Å². The van der Waals surface area contributed by atoms with Crippen LogP contribution in [0.2, 0.25) is 0 Å². The normalized spacial score (nSPS) is 19.2. The summed E-state index contributed by atoms with van der Waals surface area (Å²) in [6, 6.07) is 13.4. The molecule has 0 saturated carbocycles. The number of amides is 4. The molecule has 4 amide bonds. The topological polar surface area (TPSA) is 105 Å². The zero-order chi connectivity index (χ0) is 21.9. The van der Waals surface area contributed by atoms with Crippen LogP contribution in [0.1, 0.15) is 19.4 Å². The van der Waals surface area contributed by atoms with Crippen molar-refractivity contribution in [3.05, 3.63) is 66.0 Å². The van der Waals surface area contributed by atoms with E-state index in [1.807, 2.05) is 0 Å². The number of carbonyl (C=O) groups excluding carboxylic acids is 4. The first kappa shape index (κ1) is 21.0. The molecule has 2 aromatic carbocycles. The molecule has 2 aromatic rings. The number of halogens is 1. The number of hydrogen-bond acceptors (Lipinski definition) is 5. The van der Waals surface area contributed by atoms with Gasteiger partial charge in [0.1, 0.15) is 17.9 Å². The molecular formula is C21H20FN3O5. The lowest BCUT2D eigenvalue weighted by Crippen LogP contribution is -2.42. The van der Waals surface area contributed by atoms with Crippen molar-refractivity contribution < 1.29 is 28.3 Å². The third-order valence-corrected chi connectivity index (χ3v) is 4.72. The van der Waals surface area contributed by atoms with Gasteiger partial charge in [0, 0.05) is 0 Å². The second-order valence-electron chi connectivity index (χ2n) is 6.91. The third-order valence-electron chi connectivity index (χ3n) is 4.72. The monoisotopic (exact) mass is 413 g/mol. The molecule has 9 heteroatoms. The van der Waals surface area contributed by atoms with Crippen LogP contribution in [0.25, 0.3) is 0 Å². The molecule has 1 aliphatic heterocycles. The van der Waals surface area contributed by atoms with Gasteiger partial charge in [-0.2, -0.15) is 0 Å². The lowest BCUT2D eigenvalue weighted by molar-refractivity contribution is -0.155. The van der Waals surface area contributed by atoms with Crippen molar-refractivity contribution in [2.24, 2.45) is 0 Å². The second-order valence-corrected chi connectivity index (χ2v) is 6.91. The van der Waals surface area contributed by atoms with Crippen LogP contribution in [0.4, 0.5) is 14.9 Å². The van der Waals surface area contributed by atoms with E-state index < -0.39 is 47.8 Å². The number of benzene rings is 2. The van der Waals surface area contributed by atoms with E-state index >= 15 is 0 Å². The highest BCUT2D eigenvalue weighted by Crippen LogP contribution is 2.28. The van der Waals surface area contributed by atoms with Crippen LogP contribution in [0.3, 0.4) is 0 Å². The van der Waals surface area contributed by atoms with Crippen molar-refractivity contribution in [1.82, 2.24) is 10.2 Å². The number of imide groups is 1. The molecule has 8 nitrogen and oxygen atoms in total. The van der Waals surface area contributed by atoms with Gasteiger partial charge >= 0.3 is 12.0 Å². The molecule has 0 spiro atoms. The minimum atomic E-state index is -1.31. The van der Waals surface area contributed by atoms with Crippen LogP contribution < -0.4 is 10.6 Å². The van der Waals surface area contributed by atoms with Crippen molar-refractivity contribution in [2.75, 3.05) is 11.9 Å². The maximum atomic E-state index is 13.6. The number of nitrogens with zero attached hydrogens (tertiary/aromatic N) is 1. The third kappa shape index (κ3) is 4.14. The first-order chi connectivity index (χ1) is 14.2. The lowest BCUT2D eigenvalue weighted by Gasteiger charge is -2.22. The first-order valence-electron chi connectivity index (χ1n) is 9.17. The molecule has 2 N–H and O–H groups in total. The minimum Gasteiger partial charge on any atom is -0.451 e. The van der Waals surface area contributed by atoms with E-state index in [1.54, 1.807) is 37.3 Å². The molecule has 0 unspecified atom stereocenters. The first-order valence-corrected chi connectivity index (χ1v) is 9.17. The summed E-state index contributed by atoms with van der Waals surface area (Å²) < 4.78 is 18.6. The van der Waals surface area contributed by atoms with Crippen LogP contribution in [-0.4, -0.2) is 41.4 Å². The van der Waals surface area contributed by atoms with Gasteiger partial charge in [-0.15, -0.1) is 0 Å². The van der Waals surface area contributed by atoms with Gasteiger partial charge in [-0.1, -0.05) is 42.5 Å². The molecule has 156 valence electrons. The average molecular weight is 413 g/mol. The molecule has 1 saturated heterocycles. The number of carbonyl (C=O) groups is 4. The number of para-hydroxylation sites is 1. The Balaban J connectivity index is 1.62. The van der Waals surface area contributed by atoms with Gasteiger partial charge in [-0.25, -0.2) is 9.18 Å². The highest BCUT2D eigenvalue weighted by Gasteiger charge is 2.49. The highest BCUT2D eigenvalue weighted by atomic mass is 19.1. The molecule has 0 bridgehead atoms. The summed E-state index contributed by atoms with van der Waals surface area (Å²) in [4.78, 5) is 50.2. The van der Waals surface area contributed by atoms with Crippen LogP contribution in [-0.2, 0) is 24.7 Å². The molecule has 30 heavy (non-hydrogen) atoms. The fraction of sp³-hybridized carbons (Fsp3) is 0.238. The van der Waals surface area contributed by atoms with Crippen LogP contribution >= 0.6 is 0 Å². The molecule has 0 aliphatic carbocycles. The quantitative estimate of drug-likeness (QED) is 0.558. The van der Waals surface area contributed by atoms with E-state index in [1.165, 1.54) is 31.2 Å². The van der Waals surface area contributed by atoms with Gasteiger partial charge in [0.25, 0.3) is 11.8 Å². The summed E-state index contributed by atoms with van der Waals surface area (Å²) in [6.45, 7) is 2.18. The standard InChI is InChI=1S/C21H20FN3O5/c1-13(18(27)23-16-11-7-6-10-15(16)22)30-17(26)12-25-19(28)21(2,24-20(25)29)14-8-4-3-5-9-14/h3-11,13H,12H2,1-2H3,(H,23,27)(H,24,29)/t13-,21+/m1/s1. The number of nitrogens with one attached hydrogen (secondary N) is 2. The highest BCUT2D eigenvalue weighted by molar-refractivity contribution is 6.09. The second kappa shape index (κ2) is 8.32.